The molecule has 0 aliphatic carbocycles. The standard InChI is InChI=1S/C23H20Cl2N2O3/c24-18-9-10-20(21(25)12-18)23(29)27-14-22(28)26-13-17-7-4-8-19(11-17)30-15-16-5-2-1-3-6-16/h1-12H,13-15H2,(H,26,28)(H,27,29). The topological polar surface area (TPSA) is 67.4 Å². The predicted octanol–water partition coefficient (Wildman–Crippen LogP) is 4.62. The zero-order valence-electron chi connectivity index (χ0n) is 16.0. The number of hydrogen-bond donors (Lipinski definition) is 2. The van der Waals surface area contributed by atoms with Crippen LogP contribution < -0.4 is 15.4 Å². The van der Waals surface area contributed by atoms with Gasteiger partial charge < -0.3 is 15.4 Å². The number of benzene rings is 3. The molecule has 0 aliphatic rings. The van der Waals surface area contributed by atoms with Crippen molar-refractivity contribution < 1.29 is 14.3 Å². The molecule has 30 heavy (non-hydrogen) atoms. The van der Waals surface area contributed by atoms with Crippen molar-refractivity contribution in [1.82, 2.24) is 10.6 Å². The molecule has 0 saturated carbocycles. The zero-order chi connectivity index (χ0) is 21.3. The lowest BCUT2D eigenvalue weighted by Crippen LogP contribution is -2.36. The van der Waals surface area contributed by atoms with Gasteiger partial charge in [-0.3, -0.25) is 9.59 Å². The molecular formula is C23H20Cl2N2O3. The lowest BCUT2D eigenvalue weighted by atomic mass is 10.2. The fourth-order valence-electron chi connectivity index (χ4n) is 2.68. The van der Waals surface area contributed by atoms with E-state index in [9.17, 15) is 9.59 Å². The summed E-state index contributed by atoms with van der Waals surface area (Å²) in [5, 5.41) is 5.97. The predicted molar refractivity (Wildman–Crippen MR) is 118 cm³/mol. The highest BCUT2D eigenvalue weighted by Gasteiger charge is 2.12. The number of carbonyl (C=O) groups is 2. The Morgan fingerprint density at radius 1 is 0.833 bits per heavy atom. The molecule has 0 aliphatic heterocycles. The van der Waals surface area contributed by atoms with Gasteiger partial charge in [0, 0.05) is 11.6 Å². The molecule has 0 fully saturated rings. The molecule has 0 bridgehead atoms. The second-order valence-corrected chi connectivity index (χ2v) is 7.35. The first-order chi connectivity index (χ1) is 14.5. The summed E-state index contributed by atoms with van der Waals surface area (Å²) in [5.41, 5.74) is 2.23. The van der Waals surface area contributed by atoms with Crippen LogP contribution in [0.25, 0.3) is 0 Å². The first-order valence-corrected chi connectivity index (χ1v) is 10.0. The van der Waals surface area contributed by atoms with E-state index in [1.54, 1.807) is 6.07 Å². The minimum atomic E-state index is -0.442. The summed E-state index contributed by atoms with van der Waals surface area (Å²) in [7, 11) is 0. The zero-order valence-corrected chi connectivity index (χ0v) is 17.5. The Bertz CT molecular complexity index is 1030. The van der Waals surface area contributed by atoms with E-state index in [2.05, 4.69) is 10.6 Å². The van der Waals surface area contributed by atoms with Gasteiger partial charge in [0.1, 0.15) is 12.4 Å². The van der Waals surface area contributed by atoms with Crippen LogP contribution in [0, 0.1) is 0 Å². The minimum Gasteiger partial charge on any atom is -0.489 e. The van der Waals surface area contributed by atoms with Gasteiger partial charge in [0.2, 0.25) is 5.91 Å². The summed E-state index contributed by atoms with van der Waals surface area (Å²) in [6, 6.07) is 21.9. The van der Waals surface area contributed by atoms with Crippen molar-refractivity contribution >= 4 is 35.0 Å². The third kappa shape index (κ3) is 6.51. The molecule has 3 aromatic rings. The van der Waals surface area contributed by atoms with Crippen LogP contribution in [0.3, 0.4) is 0 Å². The lowest BCUT2D eigenvalue weighted by Gasteiger charge is -2.10. The van der Waals surface area contributed by atoms with E-state index >= 15 is 0 Å². The third-order valence-electron chi connectivity index (χ3n) is 4.22. The fourth-order valence-corrected chi connectivity index (χ4v) is 3.17. The van der Waals surface area contributed by atoms with E-state index in [0.717, 1.165) is 16.9 Å². The highest BCUT2D eigenvalue weighted by molar-refractivity contribution is 6.36. The Morgan fingerprint density at radius 2 is 1.60 bits per heavy atom. The van der Waals surface area contributed by atoms with Crippen molar-refractivity contribution in [2.75, 3.05) is 6.54 Å². The van der Waals surface area contributed by atoms with E-state index in [4.69, 9.17) is 27.9 Å². The Morgan fingerprint density at radius 3 is 2.37 bits per heavy atom. The van der Waals surface area contributed by atoms with Crippen LogP contribution in [-0.2, 0) is 17.9 Å². The largest absolute Gasteiger partial charge is 0.489 e. The number of nitrogens with one attached hydrogen (secondary N) is 2. The SMILES string of the molecule is O=C(CNC(=O)c1ccc(Cl)cc1Cl)NCc1cccc(OCc2ccccc2)c1. The van der Waals surface area contributed by atoms with Gasteiger partial charge in [0.15, 0.2) is 0 Å². The Balaban J connectivity index is 1.45. The van der Waals surface area contributed by atoms with Gasteiger partial charge in [0.25, 0.3) is 5.91 Å². The molecule has 0 heterocycles. The molecule has 7 heteroatoms. The molecule has 0 atom stereocenters. The summed E-state index contributed by atoms with van der Waals surface area (Å²) < 4.78 is 5.80. The Hall–Kier alpha value is -3.02. The minimum absolute atomic E-state index is 0.165. The molecule has 5 nitrogen and oxygen atoms in total. The second-order valence-electron chi connectivity index (χ2n) is 6.51. The first-order valence-electron chi connectivity index (χ1n) is 9.27. The summed E-state index contributed by atoms with van der Waals surface area (Å²) >= 11 is 11.8. The number of rotatable bonds is 8. The first kappa shape index (κ1) is 21.7. The van der Waals surface area contributed by atoms with Crippen LogP contribution in [0.1, 0.15) is 21.5 Å². The summed E-state index contributed by atoms with van der Waals surface area (Å²) in [6.45, 7) is 0.622. The molecule has 0 spiro atoms. The van der Waals surface area contributed by atoms with Crippen LogP contribution in [0.2, 0.25) is 10.0 Å². The Kier molecular flexibility index (Phi) is 7.71. The van der Waals surface area contributed by atoms with Crippen molar-refractivity contribution in [2.45, 2.75) is 13.2 Å². The average molecular weight is 443 g/mol. The monoisotopic (exact) mass is 442 g/mol. The van der Waals surface area contributed by atoms with Gasteiger partial charge in [-0.05, 0) is 41.5 Å². The van der Waals surface area contributed by atoms with Gasteiger partial charge in [0.05, 0.1) is 17.1 Å². The molecule has 0 aromatic heterocycles. The summed E-state index contributed by atoms with van der Waals surface area (Å²) in [4.78, 5) is 24.2. The van der Waals surface area contributed by atoms with Crippen molar-refractivity contribution in [3.05, 3.63) is 99.5 Å². The number of hydrogen-bond acceptors (Lipinski definition) is 3. The third-order valence-corrected chi connectivity index (χ3v) is 4.77. The maximum absolute atomic E-state index is 12.2. The van der Waals surface area contributed by atoms with E-state index in [0.29, 0.717) is 18.2 Å². The number of amides is 2. The van der Waals surface area contributed by atoms with Crippen LogP contribution in [0.5, 0.6) is 5.75 Å². The quantitative estimate of drug-likeness (QED) is 0.534. The van der Waals surface area contributed by atoms with Crippen molar-refractivity contribution in [3.63, 3.8) is 0 Å². The molecule has 2 N–H and O–H groups in total. The van der Waals surface area contributed by atoms with Gasteiger partial charge in [-0.2, -0.15) is 0 Å². The second kappa shape index (κ2) is 10.7. The van der Waals surface area contributed by atoms with E-state index in [1.807, 2.05) is 54.6 Å². The lowest BCUT2D eigenvalue weighted by molar-refractivity contribution is -0.120. The Labute approximate surface area is 185 Å². The van der Waals surface area contributed by atoms with Crippen LogP contribution in [0.15, 0.2) is 72.8 Å². The van der Waals surface area contributed by atoms with Crippen molar-refractivity contribution in [2.24, 2.45) is 0 Å². The van der Waals surface area contributed by atoms with Crippen LogP contribution in [0.4, 0.5) is 0 Å². The number of ether oxygens (including phenoxy) is 1. The number of carbonyl (C=O) groups excluding carboxylic acids is 2. The summed E-state index contributed by atoms with van der Waals surface area (Å²) in [5.74, 6) is -0.0385. The van der Waals surface area contributed by atoms with Gasteiger partial charge in [-0.15, -0.1) is 0 Å². The highest BCUT2D eigenvalue weighted by Crippen LogP contribution is 2.20. The van der Waals surface area contributed by atoms with Gasteiger partial charge in [-0.25, -0.2) is 0 Å². The van der Waals surface area contributed by atoms with E-state index in [1.165, 1.54) is 12.1 Å². The van der Waals surface area contributed by atoms with Crippen LogP contribution in [-0.4, -0.2) is 18.4 Å². The molecule has 0 radical (unpaired) electrons. The maximum atomic E-state index is 12.2. The smallest absolute Gasteiger partial charge is 0.253 e. The molecule has 3 aromatic carbocycles. The normalized spacial score (nSPS) is 10.3. The molecule has 2 amide bonds. The van der Waals surface area contributed by atoms with Crippen molar-refractivity contribution in [3.8, 4) is 5.75 Å². The fraction of sp³-hybridized carbons (Fsp3) is 0.130. The van der Waals surface area contributed by atoms with E-state index in [-0.39, 0.29) is 23.0 Å². The molecular weight excluding hydrogens is 423 g/mol. The molecule has 3 rings (SSSR count). The van der Waals surface area contributed by atoms with Crippen LogP contribution >= 0.6 is 23.2 Å². The van der Waals surface area contributed by atoms with E-state index < -0.39 is 5.91 Å². The molecule has 0 unspecified atom stereocenters. The molecule has 0 saturated heterocycles. The average Bonchev–Trinajstić information content (AvgIpc) is 2.75. The highest BCUT2D eigenvalue weighted by atomic mass is 35.5. The molecule has 154 valence electrons. The van der Waals surface area contributed by atoms with Gasteiger partial charge in [-0.1, -0.05) is 65.7 Å². The van der Waals surface area contributed by atoms with Crippen molar-refractivity contribution in [1.29, 1.82) is 0 Å². The maximum Gasteiger partial charge on any atom is 0.253 e. The summed E-state index contributed by atoms with van der Waals surface area (Å²) in [6.07, 6.45) is 0. The number of halogens is 2. The van der Waals surface area contributed by atoms with Gasteiger partial charge >= 0.3 is 0 Å².